The van der Waals surface area contributed by atoms with Crippen LogP contribution < -0.4 is 0 Å². The first-order valence-corrected chi connectivity index (χ1v) is 5.73. The van der Waals surface area contributed by atoms with Crippen LogP contribution in [0.5, 0.6) is 0 Å². The van der Waals surface area contributed by atoms with Gasteiger partial charge < -0.3 is 4.74 Å². The summed E-state index contributed by atoms with van der Waals surface area (Å²) in [7, 11) is 1.53. The lowest BCUT2D eigenvalue weighted by atomic mass is 10.1. The number of hydrogen-bond donors (Lipinski definition) is 0. The Morgan fingerprint density at radius 3 is 2.62 bits per heavy atom. The van der Waals surface area contributed by atoms with E-state index >= 15 is 0 Å². The molecule has 3 nitrogen and oxygen atoms in total. The molecule has 1 aromatic rings. The van der Waals surface area contributed by atoms with E-state index in [0.29, 0.717) is 12.2 Å². The van der Waals surface area contributed by atoms with Gasteiger partial charge in [0.25, 0.3) is 0 Å². The predicted octanol–water partition coefficient (Wildman–Crippen LogP) is 2.63. The molecule has 0 spiro atoms. The fourth-order valence-electron chi connectivity index (χ4n) is 1.27. The minimum atomic E-state index is -0.159. The monoisotopic (exact) mass is 284 g/mol. The molecule has 0 heterocycles. The zero-order valence-electron chi connectivity index (χ0n) is 9.03. The largest absolute Gasteiger partial charge is 0.384 e. The minimum absolute atomic E-state index is 0.0635. The van der Waals surface area contributed by atoms with Crippen molar-refractivity contribution >= 4 is 27.5 Å². The molecule has 1 aromatic carbocycles. The molecule has 4 heteroatoms. The number of ketones is 2. The van der Waals surface area contributed by atoms with Gasteiger partial charge in [-0.15, -0.1) is 0 Å². The molecule has 0 aliphatic carbocycles. The summed E-state index contributed by atoms with van der Waals surface area (Å²) >= 11 is 3.28. The molecule has 0 saturated carbocycles. The van der Waals surface area contributed by atoms with E-state index in [-0.39, 0.29) is 24.4 Å². The number of carbonyl (C=O) groups is 2. The second-order valence-corrected chi connectivity index (χ2v) is 4.22. The Morgan fingerprint density at radius 1 is 1.31 bits per heavy atom. The van der Waals surface area contributed by atoms with Crippen LogP contribution in [0.1, 0.15) is 23.2 Å². The summed E-state index contributed by atoms with van der Waals surface area (Å²) in [6, 6.07) is 7.09. The third kappa shape index (κ3) is 3.87. The van der Waals surface area contributed by atoms with E-state index in [4.69, 9.17) is 4.74 Å². The number of hydrogen-bond acceptors (Lipinski definition) is 3. The van der Waals surface area contributed by atoms with E-state index in [1.807, 2.05) is 6.07 Å². The lowest BCUT2D eigenvalue weighted by Gasteiger charge is -2.02. The van der Waals surface area contributed by atoms with E-state index < -0.39 is 0 Å². The number of ether oxygens (including phenoxy) is 1. The Labute approximate surface area is 103 Å². The van der Waals surface area contributed by atoms with Gasteiger partial charge >= 0.3 is 0 Å². The highest BCUT2D eigenvalue weighted by Gasteiger charge is 2.13. The minimum Gasteiger partial charge on any atom is -0.384 e. The molecule has 0 amide bonds. The molecule has 0 aliphatic rings. The SMILES string of the molecule is COCCC(=O)CC(=O)c1ccccc1Br. The highest BCUT2D eigenvalue weighted by atomic mass is 79.9. The standard InChI is InChI=1S/C12H13BrO3/c1-16-7-6-9(14)8-12(15)10-4-2-3-5-11(10)13/h2-5H,6-8H2,1H3. The van der Waals surface area contributed by atoms with Crippen LogP contribution in [0.25, 0.3) is 0 Å². The molecule has 16 heavy (non-hydrogen) atoms. The van der Waals surface area contributed by atoms with Crippen molar-refractivity contribution in [1.82, 2.24) is 0 Å². The summed E-state index contributed by atoms with van der Waals surface area (Å²) < 4.78 is 5.50. The molecule has 0 fully saturated rings. The van der Waals surface area contributed by atoms with Gasteiger partial charge in [0, 0.05) is 23.6 Å². The molecule has 0 saturated heterocycles. The molecular weight excluding hydrogens is 272 g/mol. The van der Waals surface area contributed by atoms with Crippen molar-refractivity contribution in [1.29, 1.82) is 0 Å². The van der Waals surface area contributed by atoms with Crippen LogP contribution in [0.3, 0.4) is 0 Å². The van der Waals surface area contributed by atoms with Gasteiger partial charge in [-0.05, 0) is 6.07 Å². The first kappa shape index (κ1) is 13.1. The smallest absolute Gasteiger partial charge is 0.171 e. The molecule has 0 unspecified atom stereocenters. The predicted molar refractivity (Wildman–Crippen MR) is 64.6 cm³/mol. The highest BCUT2D eigenvalue weighted by Crippen LogP contribution is 2.17. The fourth-order valence-corrected chi connectivity index (χ4v) is 1.77. The van der Waals surface area contributed by atoms with Gasteiger partial charge in [0.05, 0.1) is 13.0 Å². The van der Waals surface area contributed by atoms with E-state index in [9.17, 15) is 9.59 Å². The maximum atomic E-state index is 11.7. The van der Waals surface area contributed by atoms with Gasteiger partial charge in [-0.25, -0.2) is 0 Å². The van der Waals surface area contributed by atoms with Crippen LogP contribution in [0.15, 0.2) is 28.7 Å². The normalized spacial score (nSPS) is 10.1. The Bertz CT molecular complexity index is 388. The molecule has 0 aliphatic heterocycles. The number of rotatable bonds is 6. The molecule has 0 aromatic heterocycles. The molecule has 0 N–H and O–H groups in total. The maximum Gasteiger partial charge on any atom is 0.171 e. The van der Waals surface area contributed by atoms with Crippen molar-refractivity contribution in [2.24, 2.45) is 0 Å². The van der Waals surface area contributed by atoms with Crippen molar-refractivity contribution in [2.75, 3.05) is 13.7 Å². The van der Waals surface area contributed by atoms with Gasteiger partial charge in [0.15, 0.2) is 5.78 Å². The van der Waals surface area contributed by atoms with E-state index in [2.05, 4.69) is 15.9 Å². The van der Waals surface area contributed by atoms with Gasteiger partial charge in [0.2, 0.25) is 0 Å². The first-order chi connectivity index (χ1) is 7.65. The summed E-state index contributed by atoms with van der Waals surface area (Å²) in [4.78, 5) is 23.1. The average Bonchev–Trinajstić information content (AvgIpc) is 2.26. The molecule has 1 rings (SSSR count). The van der Waals surface area contributed by atoms with Gasteiger partial charge in [-0.1, -0.05) is 34.1 Å². The Hall–Kier alpha value is -1.000. The van der Waals surface area contributed by atoms with Gasteiger partial charge in [-0.2, -0.15) is 0 Å². The van der Waals surface area contributed by atoms with Crippen LogP contribution in [0.2, 0.25) is 0 Å². The van der Waals surface area contributed by atoms with E-state index in [0.717, 1.165) is 4.47 Å². The fraction of sp³-hybridized carbons (Fsp3) is 0.333. The van der Waals surface area contributed by atoms with Crippen LogP contribution >= 0.6 is 15.9 Å². The van der Waals surface area contributed by atoms with Crippen LogP contribution in [0.4, 0.5) is 0 Å². The molecule has 86 valence electrons. The Morgan fingerprint density at radius 2 is 2.00 bits per heavy atom. The van der Waals surface area contributed by atoms with Gasteiger partial charge in [-0.3, -0.25) is 9.59 Å². The van der Waals surface area contributed by atoms with Crippen molar-refractivity contribution in [3.8, 4) is 0 Å². The van der Waals surface area contributed by atoms with Crippen molar-refractivity contribution in [2.45, 2.75) is 12.8 Å². The lowest BCUT2D eigenvalue weighted by molar-refractivity contribution is -0.119. The molecule has 0 bridgehead atoms. The Balaban J connectivity index is 2.59. The quantitative estimate of drug-likeness (QED) is 0.596. The molecule has 0 radical (unpaired) electrons. The van der Waals surface area contributed by atoms with Crippen LogP contribution in [0, 0.1) is 0 Å². The second-order valence-electron chi connectivity index (χ2n) is 3.36. The zero-order chi connectivity index (χ0) is 12.0. The number of halogens is 1. The third-order valence-electron chi connectivity index (χ3n) is 2.12. The maximum absolute atomic E-state index is 11.7. The van der Waals surface area contributed by atoms with Crippen molar-refractivity contribution in [3.63, 3.8) is 0 Å². The van der Waals surface area contributed by atoms with Crippen molar-refractivity contribution < 1.29 is 14.3 Å². The molecule has 0 atom stereocenters. The summed E-state index contributed by atoms with van der Waals surface area (Å²) in [6.07, 6.45) is 0.221. The number of benzene rings is 1. The zero-order valence-corrected chi connectivity index (χ0v) is 10.6. The summed E-state index contributed by atoms with van der Waals surface area (Å²) in [6.45, 7) is 0.363. The van der Waals surface area contributed by atoms with E-state index in [1.54, 1.807) is 18.2 Å². The van der Waals surface area contributed by atoms with Crippen LogP contribution in [-0.4, -0.2) is 25.3 Å². The Kier molecular flexibility index (Phi) is 5.35. The summed E-state index contributed by atoms with van der Waals surface area (Å²) in [5.41, 5.74) is 0.549. The molecular formula is C12H13BrO3. The lowest BCUT2D eigenvalue weighted by Crippen LogP contribution is -2.10. The number of Topliss-reactive ketones (excluding diaryl/α,β-unsaturated/α-hetero) is 2. The van der Waals surface area contributed by atoms with Crippen LogP contribution in [-0.2, 0) is 9.53 Å². The summed E-state index contributed by atoms with van der Waals surface area (Å²) in [5.74, 6) is -0.254. The topological polar surface area (TPSA) is 43.4 Å². The third-order valence-corrected chi connectivity index (χ3v) is 2.81. The first-order valence-electron chi connectivity index (χ1n) is 4.93. The number of carbonyl (C=O) groups excluding carboxylic acids is 2. The average molecular weight is 285 g/mol. The van der Waals surface area contributed by atoms with E-state index in [1.165, 1.54) is 7.11 Å². The van der Waals surface area contributed by atoms with Gasteiger partial charge in [0.1, 0.15) is 5.78 Å². The second kappa shape index (κ2) is 6.55. The highest BCUT2D eigenvalue weighted by molar-refractivity contribution is 9.10. The summed E-state index contributed by atoms with van der Waals surface area (Å²) in [5, 5.41) is 0. The van der Waals surface area contributed by atoms with Crippen molar-refractivity contribution in [3.05, 3.63) is 34.3 Å². The number of methoxy groups -OCH3 is 1.